The summed E-state index contributed by atoms with van der Waals surface area (Å²) < 4.78 is 7.47. The first-order valence-corrected chi connectivity index (χ1v) is 10.9. The summed E-state index contributed by atoms with van der Waals surface area (Å²) >= 11 is 0. The molecule has 0 aliphatic carbocycles. The number of imidazole rings is 1. The third-order valence-electron chi connectivity index (χ3n) is 4.89. The number of unbranched alkanes of at least 4 members (excludes halogenated alkanes) is 1. The molecule has 0 aliphatic heterocycles. The van der Waals surface area contributed by atoms with Crippen molar-refractivity contribution < 1.29 is 9.53 Å². The van der Waals surface area contributed by atoms with Gasteiger partial charge in [-0.25, -0.2) is 15.0 Å². The summed E-state index contributed by atoms with van der Waals surface area (Å²) in [7, 11) is 0. The van der Waals surface area contributed by atoms with Crippen molar-refractivity contribution in [3.63, 3.8) is 0 Å². The highest BCUT2D eigenvalue weighted by atomic mass is 16.5. The van der Waals surface area contributed by atoms with Crippen molar-refractivity contribution in [3.05, 3.63) is 84.7 Å². The third-order valence-corrected chi connectivity index (χ3v) is 4.89. The first-order chi connectivity index (χ1) is 16.1. The van der Waals surface area contributed by atoms with Gasteiger partial charge in [0.2, 0.25) is 0 Å². The fraction of sp³-hybridized carbons (Fsp3) is 0.200. The zero-order valence-electron chi connectivity index (χ0n) is 18.7. The molecule has 8 nitrogen and oxygen atoms in total. The first-order valence-electron chi connectivity index (χ1n) is 10.9. The summed E-state index contributed by atoms with van der Waals surface area (Å²) in [6, 6.07) is 16.5. The maximum Gasteiger partial charge on any atom is 0.255 e. The Morgan fingerprint density at radius 1 is 1.03 bits per heavy atom. The van der Waals surface area contributed by atoms with E-state index < -0.39 is 0 Å². The number of hydrogen-bond donors (Lipinski definition) is 2. The fourth-order valence-corrected chi connectivity index (χ4v) is 3.17. The molecule has 0 spiro atoms. The van der Waals surface area contributed by atoms with Gasteiger partial charge >= 0.3 is 0 Å². The van der Waals surface area contributed by atoms with Gasteiger partial charge in [0.1, 0.15) is 29.5 Å². The number of carbonyl (C=O) groups excluding carboxylic acids is 1. The second kappa shape index (κ2) is 10.4. The van der Waals surface area contributed by atoms with E-state index in [-0.39, 0.29) is 5.91 Å². The van der Waals surface area contributed by atoms with Gasteiger partial charge in [-0.2, -0.15) is 0 Å². The molecule has 0 radical (unpaired) electrons. The molecule has 8 heteroatoms. The highest BCUT2D eigenvalue weighted by Gasteiger charge is 2.08. The average molecular weight is 443 g/mol. The van der Waals surface area contributed by atoms with E-state index in [2.05, 4.69) is 32.5 Å². The smallest absolute Gasteiger partial charge is 0.255 e. The van der Waals surface area contributed by atoms with Crippen molar-refractivity contribution in [3.8, 4) is 11.6 Å². The van der Waals surface area contributed by atoms with Gasteiger partial charge in [-0.05, 0) is 61.9 Å². The lowest BCUT2D eigenvalue weighted by molar-refractivity contribution is 0.102. The van der Waals surface area contributed by atoms with Crippen molar-refractivity contribution in [2.75, 3.05) is 17.2 Å². The summed E-state index contributed by atoms with van der Waals surface area (Å²) in [6.45, 7) is 4.64. The summed E-state index contributed by atoms with van der Waals surface area (Å²) in [5, 5.41) is 6.19. The van der Waals surface area contributed by atoms with Crippen LogP contribution < -0.4 is 15.4 Å². The molecule has 4 rings (SSSR count). The van der Waals surface area contributed by atoms with Gasteiger partial charge in [0.15, 0.2) is 0 Å². The maximum absolute atomic E-state index is 12.6. The first kappa shape index (κ1) is 22.0. The van der Waals surface area contributed by atoms with Crippen LogP contribution in [0.15, 0.2) is 73.3 Å². The zero-order valence-corrected chi connectivity index (χ0v) is 18.7. The highest BCUT2D eigenvalue weighted by Crippen LogP contribution is 2.20. The minimum atomic E-state index is -0.174. The number of nitrogens with one attached hydrogen (secondary N) is 2. The molecule has 33 heavy (non-hydrogen) atoms. The number of anilines is 3. The second-order valence-electron chi connectivity index (χ2n) is 7.51. The Bertz CT molecular complexity index is 1190. The van der Waals surface area contributed by atoms with Crippen LogP contribution in [-0.4, -0.2) is 32.0 Å². The number of benzene rings is 2. The second-order valence-corrected chi connectivity index (χ2v) is 7.51. The van der Waals surface area contributed by atoms with Crippen LogP contribution in [0, 0.1) is 6.92 Å². The summed E-state index contributed by atoms with van der Waals surface area (Å²) in [5.41, 5.74) is 2.12. The molecule has 0 unspecified atom stereocenters. The number of aryl methyl sites for hydroxylation is 1. The van der Waals surface area contributed by atoms with E-state index in [9.17, 15) is 4.79 Å². The van der Waals surface area contributed by atoms with E-state index in [1.807, 2.05) is 60.2 Å². The Morgan fingerprint density at radius 2 is 1.79 bits per heavy atom. The van der Waals surface area contributed by atoms with Gasteiger partial charge in [-0.3, -0.25) is 9.36 Å². The van der Waals surface area contributed by atoms with Gasteiger partial charge < -0.3 is 15.4 Å². The lowest BCUT2D eigenvalue weighted by Gasteiger charge is -2.10. The monoisotopic (exact) mass is 442 g/mol. The number of amides is 1. The predicted molar refractivity (Wildman–Crippen MR) is 128 cm³/mol. The zero-order chi connectivity index (χ0) is 23.0. The molecule has 0 saturated heterocycles. The van der Waals surface area contributed by atoms with E-state index in [1.54, 1.807) is 24.7 Å². The number of carbonyl (C=O) groups is 1. The molecule has 2 aromatic carbocycles. The van der Waals surface area contributed by atoms with E-state index >= 15 is 0 Å². The minimum Gasteiger partial charge on any atom is -0.494 e. The Hall–Kier alpha value is -4.20. The van der Waals surface area contributed by atoms with Crippen LogP contribution in [0.5, 0.6) is 5.75 Å². The standard InChI is InChI=1S/C25H26N6O2/c1-3-4-15-33-22-11-5-19(6-12-22)25(32)30-21-9-7-20(8-10-21)29-23-16-24(28-18(2)27-23)31-14-13-26-17-31/h5-14,16-17H,3-4,15H2,1-2H3,(H,30,32)(H,27,28,29). The molecule has 2 N–H and O–H groups in total. The van der Waals surface area contributed by atoms with Crippen molar-refractivity contribution in [1.82, 2.24) is 19.5 Å². The Morgan fingerprint density at radius 3 is 2.48 bits per heavy atom. The molecule has 2 aromatic heterocycles. The molecule has 0 atom stereocenters. The van der Waals surface area contributed by atoms with Crippen LogP contribution in [0.2, 0.25) is 0 Å². The normalized spacial score (nSPS) is 10.6. The highest BCUT2D eigenvalue weighted by molar-refractivity contribution is 6.04. The molecule has 168 valence electrons. The van der Waals surface area contributed by atoms with Gasteiger partial charge in [-0.1, -0.05) is 13.3 Å². The van der Waals surface area contributed by atoms with Gasteiger partial charge in [0.05, 0.1) is 6.61 Å². The van der Waals surface area contributed by atoms with Crippen LogP contribution in [0.4, 0.5) is 17.2 Å². The third kappa shape index (κ3) is 5.94. The fourth-order valence-electron chi connectivity index (χ4n) is 3.17. The molecule has 1 amide bonds. The minimum absolute atomic E-state index is 0.174. The molecule has 0 bridgehead atoms. The number of aromatic nitrogens is 4. The van der Waals surface area contributed by atoms with Gasteiger partial charge in [-0.15, -0.1) is 0 Å². The maximum atomic E-state index is 12.6. The Kier molecular flexibility index (Phi) is 6.94. The topological polar surface area (TPSA) is 94.0 Å². The van der Waals surface area contributed by atoms with Crippen LogP contribution in [0.3, 0.4) is 0 Å². The van der Waals surface area contributed by atoms with Crippen molar-refractivity contribution in [2.24, 2.45) is 0 Å². The molecule has 0 aliphatic rings. The van der Waals surface area contributed by atoms with Crippen molar-refractivity contribution in [2.45, 2.75) is 26.7 Å². The van der Waals surface area contributed by atoms with Gasteiger partial charge in [0.25, 0.3) is 5.91 Å². The van der Waals surface area contributed by atoms with Crippen LogP contribution in [0.25, 0.3) is 5.82 Å². The molecule has 0 fully saturated rings. The quantitative estimate of drug-likeness (QED) is 0.348. The van der Waals surface area contributed by atoms with Crippen LogP contribution in [-0.2, 0) is 0 Å². The van der Waals surface area contributed by atoms with E-state index in [0.29, 0.717) is 29.5 Å². The average Bonchev–Trinajstić information content (AvgIpc) is 3.36. The number of rotatable bonds is 9. The Labute approximate surface area is 192 Å². The van der Waals surface area contributed by atoms with Crippen molar-refractivity contribution >= 4 is 23.1 Å². The largest absolute Gasteiger partial charge is 0.494 e. The van der Waals surface area contributed by atoms with Crippen molar-refractivity contribution in [1.29, 1.82) is 0 Å². The summed E-state index contributed by atoms with van der Waals surface area (Å²) in [6.07, 6.45) is 7.31. The van der Waals surface area contributed by atoms with E-state index in [0.717, 1.165) is 30.1 Å². The molecule has 4 aromatic rings. The SMILES string of the molecule is CCCCOc1ccc(C(=O)Nc2ccc(Nc3cc(-n4ccnc4)nc(C)n3)cc2)cc1. The molecular formula is C25H26N6O2. The number of hydrogen-bond acceptors (Lipinski definition) is 6. The number of nitrogens with zero attached hydrogens (tertiary/aromatic N) is 4. The van der Waals surface area contributed by atoms with E-state index in [4.69, 9.17) is 4.74 Å². The lowest BCUT2D eigenvalue weighted by atomic mass is 10.2. The lowest BCUT2D eigenvalue weighted by Crippen LogP contribution is -2.11. The molecule has 2 heterocycles. The summed E-state index contributed by atoms with van der Waals surface area (Å²) in [5.74, 6) is 2.64. The Balaban J connectivity index is 1.37. The van der Waals surface area contributed by atoms with Gasteiger partial charge in [0, 0.05) is 35.4 Å². The van der Waals surface area contributed by atoms with Crippen LogP contribution >= 0.6 is 0 Å². The van der Waals surface area contributed by atoms with Crippen LogP contribution in [0.1, 0.15) is 35.9 Å². The number of ether oxygens (including phenoxy) is 1. The molecular weight excluding hydrogens is 416 g/mol. The predicted octanol–water partition coefficient (Wildman–Crippen LogP) is 5.15. The van der Waals surface area contributed by atoms with E-state index in [1.165, 1.54) is 0 Å². The summed E-state index contributed by atoms with van der Waals surface area (Å²) in [4.78, 5) is 25.5. The molecule has 0 saturated carbocycles.